The lowest BCUT2D eigenvalue weighted by Crippen LogP contribution is -2.31. The van der Waals surface area contributed by atoms with Gasteiger partial charge in [0.15, 0.2) is 17.3 Å². The van der Waals surface area contributed by atoms with Crippen LogP contribution in [0, 0.1) is 0 Å². The molecule has 2 aromatic carbocycles. The highest BCUT2D eigenvalue weighted by molar-refractivity contribution is 7.99. The number of benzene rings is 2. The van der Waals surface area contributed by atoms with Crippen molar-refractivity contribution >= 4 is 17.7 Å². The molecule has 4 rings (SSSR count). The molecule has 0 fully saturated rings. The van der Waals surface area contributed by atoms with E-state index in [1.165, 1.54) is 11.8 Å². The van der Waals surface area contributed by atoms with Crippen molar-refractivity contribution in [2.45, 2.75) is 18.6 Å². The first-order valence-electron chi connectivity index (χ1n) is 9.52. The second-order valence-corrected chi connectivity index (χ2v) is 7.52. The topological polar surface area (TPSA) is 89.6 Å². The number of fused-ring (bicyclic) bond motifs is 1. The number of carbonyl (C=O) groups is 1. The number of thioether (sulfide) groups is 1. The summed E-state index contributed by atoms with van der Waals surface area (Å²) in [7, 11) is 1.63. The van der Waals surface area contributed by atoms with Crippen LogP contribution in [0.15, 0.2) is 47.6 Å². The van der Waals surface area contributed by atoms with Gasteiger partial charge in [0.1, 0.15) is 5.75 Å². The zero-order chi connectivity index (χ0) is 20.9. The highest BCUT2D eigenvalue weighted by Gasteiger charge is 2.17. The van der Waals surface area contributed by atoms with Crippen LogP contribution in [0.2, 0.25) is 0 Å². The van der Waals surface area contributed by atoms with Crippen molar-refractivity contribution in [3.63, 3.8) is 0 Å². The highest BCUT2D eigenvalue weighted by atomic mass is 32.2. The first-order chi connectivity index (χ1) is 14.7. The molecular formula is C21H22N4O4S. The molecule has 1 amide bonds. The van der Waals surface area contributed by atoms with Crippen LogP contribution in [-0.4, -0.2) is 52.2 Å². The lowest BCUT2D eigenvalue weighted by atomic mass is 10.2. The number of H-pyrrole nitrogens is 1. The summed E-state index contributed by atoms with van der Waals surface area (Å²) in [5.74, 6) is 3.17. The number of hydrogen-bond donors (Lipinski definition) is 1. The van der Waals surface area contributed by atoms with Gasteiger partial charge in [-0.1, -0.05) is 17.8 Å². The molecular weight excluding hydrogens is 404 g/mol. The number of carbonyl (C=O) groups excluding carboxylic acids is 1. The summed E-state index contributed by atoms with van der Waals surface area (Å²) in [6, 6.07) is 13.3. The van der Waals surface area contributed by atoms with E-state index in [-0.39, 0.29) is 18.5 Å². The van der Waals surface area contributed by atoms with Crippen LogP contribution >= 0.6 is 11.8 Å². The summed E-state index contributed by atoms with van der Waals surface area (Å²) >= 11 is 1.31. The monoisotopic (exact) mass is 426 g/mol. The summed E-state index contributed by atoms with van der Waals surface area (Å²) in [4.78, 5) is 19.0. The van der Waals surface area contributed by atoms with Crippen molar-refractivity contribution < 1.29 is 19.0 Å². The minimum Gasteiger partial charge on any atom is -0.497 e. The Labute approximate surface area is 178 Å². The van der Waals surface area contributed by atoms with E-state index in [2.05, 4.69) is 15.2 Å². The molecule has 0 saturated carbocycles. The van der Waals surface area contributed by atoms with Gasteiger partial charge in [-0.05, 0) is 48.9 Å². The van der Waals surface area contributed by atoms with Gasteiger partial charge >= 0.3 is 0 Å². The van der Waals surface area contributed by atoms with Gasteiger partial charge in [0.25, 0.3) is 0 Å². The second-order valence-electron chi connectivity index (χ2n) is 6.58. The number of nitrogens with one attached hydrogen (secondary N) is 1. The molecule has 30 heavy (non-hydrogen) atoms. The molecule has 0 unspecified atom stereocenters. The van der Waals surface area contributed by atoms with E-state index in [4.69, 9.17) is 14.2 Å². The molecule has 0 saturated heterocycles. The highest BCUT2D eigenvalue weighted by Crippen LogP contribution is 2.33. The van der Waals surface area contributed by atoms with Gasteiger partial charge in [-0.3, -0.25) is 9.89 Å². The molecule has 9 heteroatoms. The molecule has 0 spiro atoms. The number of nitrogens with zero attached hydrogens (tertiary/aromatic N) is 3. The van der Waals surface area contributed by atoms with Crippen molar-refractivity contribution in [1.29, 1.82) is 0 Å². The number of ether oxygens (including phenoxy) is 3. The van der Waals surface area contributed by atoms with Crippen molar-refractivity contribution in [3.05, 3.63) is 48.0 Å². The summed E-state index contributed by atoms with van der Waals surface area (Å²) in [5.41, 5.74) is 1.90. The van der Waals surface area contributed by atoms with E-state index in [1.807, 2.05) is 49.4 Å². The van der Waals surface area contributed by atoms with E-state index in [9.17, 15) is 4.79 Å². The molecule has 3 aromatic rings. The minimum atomic E-state index is 0.0240. The molecule has 1 aliphatic rings. The summed E-state index contributed by atoms with van der Waals surface area (Å²) in [6.07, 6.45) is 0. The van der Waals surface area contributed by atoms with Gasteiger partial charge in [-0.2, -0.15) is 0 Å². The van der Waals surface area contributed by atoms with E-state index >= 15 is 0 Å². The maximum Gasteiger partial charge on any atom is 0.233 e. The summed E-state index contributed by atoms with van der Waals surface area (Å²) in [5, 5.41) is 7.66. The average Bonchev–Trinajstić information content (AvgIpc) is 3.45. The number of rotatable bonds is 8. The Morgan fingerprint density at radius 3 is 2.77 bits per heavy atom. The molecule has 0 atom stereocenters. The molecule has 0 radical (unpaired) electrons. The van der Waals surface area contributed by atoms with E-state index in [1.54, 1.807) is 12.0 Å². The van der Waals surface area contributed by atoms with Gasteiger partial charge in [0.2, 0.25) is 17.9 Å². The fourth-order valence-electron chi connectivity index (χ4n) is 3.04. The third-order valence-corrected chi connectivity index (χ3v) is 5.53. The van der Waals surface area contributed by atoms with Crippen molar-refractivity contribution in [2.24, 2.45) is 0 Å². The third kappa shape index (κ3) is 4.51. The number of hydrogen-bond acceptors (Lipinski definition) is 7. The average molecular weight is 426 g/mol. The normalized spacial score (nSPS) is 12.1. The van der Waals surface area contributed by atoms with Crippen molar-refractivity contribution in [2.75, 3.05) is 26.2 Å². The van der Waals surface area contributed by atoms with Crippen LogP contribution < -0.4 is 14.2 Å². The molecule has 1 aromatic heterocycles. The zero-order valence-corrected chi connectivity index (χ0v) is 17.6. The Bertz CT molecular complexity index is 1020. The van der Waals surface area contributed by atoms with Gasteiger partial charge in [-0.25, -0.2) is 4.98 Å². The van der Waals surface area contributed by atoms with Crippen LogP contribution in [0.25, 0.3) is 11.4 Å². The van der Waals surface area contributed by atoms with E-state index in [0.717, 1.165) is 28.4 Å². The Kier molecular flexibility index (Phi) is 6.08. The predicted molar refractivity (Wildman–Crippen MR) is 113 cm³/mol. The molecule has 0 aliphatic carbocycles. The van der Waals surface area contributed by atoms with E-state index < -0.39 is 0 Å². The van der Waals surface area contributed by atoms with Gasteiger partial charge in [0.05, 0.1) is 12.9 Å². The first kappa shape index (κ1) is 20.1. The third-order valence-electron chi connectivity index (χ3n) is 4.70. The fraction of sp³-hybridized carbons (Fsp3) is 0.286. The fourth-order valence-corrected chi connectivity index (χ4v) is 3.74. The maximum absolute atomic E-state index is 12.7. The van der Waals surface area contributed by atoms with Crippen molar-refractivity contribution in [1.82, 2.24) is 20.1 Å². The lowest BCUT2D eigenvalue weighted by Gasteiger charge is -2.20. The summed E-state index contributed by atoms with van der Waals surface area (Å²) < 4.78 is 15.9. The molecule has 1 aliphatic heterocycles. The maximum atomic E-state index is 12.7. The summed E-state index contributed by atoms with van der Waals surface area (Å²) in [6.45, 7) is 3.32. The molecule has 0 bridgehead atoms. The SMILES string of the molecule is CCN(Cc1ccc2c(c1)OCO2)C(=O)CSc1n[nH]c(-c2ccc(OC)cc2)n1. The van der Waals surface area contributed by atoms with Crippen LogP contribution in [0.4, 0.5) is 0 Å². The number of aromatic amines is 1. The van der Waals surface area contributed by atoms with Crippen LogP contribution in [0.5, 0.6) is 17.2 Å². The van der Waals surface area contributed by atoms with Gasteiger partial charge < -0.3 is 19.1 Å². The van der Waals surface area contributed by atoms with Gasteiger partial charge in [0, 0.05) is 18.7 Å². The Balaban J connectivity index is 1.34. The first-order valence-corrected chi connectivity index (χ1v) is 10.5. The quantitative estimate of drug-likeness (QED) is 0.553. The Hall–Kier alpha value is -3.20. The molecule has 8 nitrogen and oxygen atoms in total. The van der Waals surface area contributed by atoms with Crippen LogP contribution in [0.3, 0.4) is 0 Å². The Morgan fingerprint density at radius 2 is 2.00 bits per heavy atom. The van der Waals surface area contributed by atoms with Gasteiger partial charge in [-0.15, -0.1) is 5.10 Å². The smallest absolute Gasteiger partial charge is 0.233 e. The van der Waals surface area contributed by atoms with Crippen LogP contribution in [-0.2, 0) is 11.3 Å². The van der Waals surface area contributed by atoms with E-state index in [0.29, 0.717) is 24.1 Å². The second kappa shape index (κ2) is 9.08. The molecule has 156 valence electrons. The standard InChI is InChI=1S/C21H22N4O4S/c1-3-25(11-14-4-9-17-18(10-14)29-13-28-17)19(26)12-30-21-22-20(23-24-21)15-5-7-16(27-2)8-6-15/h4-10H,3,11-13H2,1-2H3,(H,22,23,24). The van der Waals surface area contributed by atoms with Crippen LogP contribution in [0.1, 0.15) is 12.5 Å². The number of amides is 1. The number of aromatic nitrogens is 3. The minimum absolute atomic E-state index is 0.0240. The largest absolute Gasteiger partial charge is 0.497 e. The molecule has 1 N–H and O–H groups in total. The van der Waals surface area contributed by atoms with Crippen molar-refractivity contribution in [3.8, 4) is 28.6 Å². The zero-order valence-electron chi connectivity index (χ0n) is 16.8. The lowest BCUT2D eigenvalue weighted by molar-refractivity contribution is -0.128. The predicted octanol–water partition coefficient (Wildman–Crippen LogP) is 3.35. The number of methoxy groups -OCH3 is 1. The Morgan fingerprint density at radius 1 is 1.20 bits per heavy atom. The molecule has 2 heterocycles.